The van der Waals surface area contributed by atoms with Crippen LogP contribution in [0.4, 0.5) is 22.7 Å². The molecule has 204 valence electrons. The van der Waals surface area contributed by atoms with Crippen molar-refractivity contribution in [2.24, 2.45) is 0 Å². The summed E-state index contributed by atoms with van der Waals surface area (Å²) in [5, 5.41) is 14.7. The van der Waals surface area contributed by atoms with Gasteiger partial charge in [0.25, 0.3) is 0 Å². The number of aryl methyl sites for hydroxylation is 4. The van der Waals surface area contributed by atoms with Crippen molar-refractivity contribution in [1.82, 2.24) is 0 Å². The Kier molecular flexibility index (Phi) is 8.45. The predicted molar refractivity (Wildman–Crippen MR) is 169 cm³/mol. The fourth-order valence-corrected chi connectivity index (χ4v) is 4.96. The molecule has 4 N–H and O–H groups in total. The van der Waals surface area contributed by atoms with E-state index in [2.05, 4.69) is 156 Å². The summed E-state index contributed by atoms with van der Waals surface area (Å²) in [7, 11) is 8.24. The molecule has 0 aromatic heterocycles. The van der Waals surface area contributed by atoms with Gasteiger partial charge in [-0.3, -0.25) is 9.15 Å². The third kappa shape index (κ3) is 6.70. The number of anilines is 4. The molecular weight excluding hydrogens is 492 g/mol. The van der Waals surface area contributed by atoms with E-state index in [1.54, 1.807) is 0 Å². The molecule has 0 saturated heterocycles. The number of rotatable bonds is 0. The third-order valence-corrected chi connectivity index (χ3v) is 7.24. The number of guanidine groups is 2. The average molecular weight is 533 g/mol. The molecule has 0 unspecified atom stereocenters. The van der Waals surface area contributed by atoms with Gasteiger partial charge in [0.2, 0.25) is 0 Å². The Hall–Kier alpha value is -4.58. The maximum absolute atomic E-state index is 3.70. The first-order valence-corrected chi connectivity index (χ1v) is 14.0. The number of fused-ring (bicyclic) bond motifs is 5. The largest absolute Gasteiger partial charge is 0.355 e. The van der Waals surface area contributed by atoms with Gasteiger partial charge in [-0.25, -0.2) is 21.3 Å². The van der Waals surface area contributed by atoms with E-state index in [1.807, 2.05) is 0 Å². The van der Waals surface area contributed by atoms with Crippen molar-refractivity contribution in [2.45, 2.75) is 25.7 Å². The average Bonchev–Trinajstić information content (AvgIpc) is 2.96. The van der Waals surface area contributed by atoms with Crippen LogP contribution in [0, 0.1) is 0 Å². The second-order valence-electron chi connectivity index (χ2n) is 10.7. The number of benzene rings is 4. The second-order valence-corrected chi connectivity index (χ2v) is 10.7. The van der Waals surface area contributed by atoms with Gasteiger partial charge in [0.1, 0.15) is 17.1 Å². The first kappa shape index (κ1) is 27.0. The molecule has 1 aliphatic rings. The van der Waals surface area contributed by atoms with E-state index in [-0.39, 0.29) is 0 Å². The molecule has 0 fully saturated rings. The Balaban J connectivity index is 1.56. The number of hydrogen-bond donors (Lipinski definition) is 4. The summed E-state index contributed by atoms with van der Waals surface area (Å²) < 4.78 is 4.19. The normalized spacial score (nSPS) is 13.8. The lowest BCUT2D eigenvalue weighted by molar-refractivity contribution is -0.464. The zero-order chi connectivity index (χ0) is 27.9. The molecule has 0 radical (unpaired) electrons. The number of hydrogen-bond acceptors (Lipinski definition) is 0. The Morgan fingerprint density at radius 1 is 0.450 bits per heavy atom. The second kappa shape index (κ2) is 12.5. The predicted octanol–water partition coefficient (Wildman–Crippen LogP) is 5.87. The number of nitrogens with zero attached hydrogens (tertiary/aromatic N) is 2. The van der Waals surface area contributed by atoms with Gasteiger partial charge in [-0.15, -0.1) is 0 Å². The molecule has 6 nitrogen and oxygen atoms in total. The van der Waals surface area contributed by atoms with Gasteiger partial charge in [-0.1, -0.05) is 66.7 Å². The molecule has 0 spiro atoms. The minimum Gasteiger partial charge on any atom is -0.270 e. The lowest BCUT2D eigenvalue weighted by atomic mass is 10.0. The summed E-state index contributed by atoms with van der Waals surface area (Å²) in [4.78, 5) is 0. The summed E-state index contributed by atoms with van der Waals surface area (Å²) in [6, 6.07) is 34.5. The SMILES string of the molecule is C[N+](C)=C1Nc2cccc(c2)CCc2ccccc2NC(=[N+](C)C)Nc2ccccc2CCc2ccccc2N1. The van der Waals surface area contributed by atoms with E-state index in [0.29, 0.717) is 0 Å². The van der Waals surface area contributed by atoms with Gasteiger partial charge < -0.3 is 0 Å². The first-order valence-electron chi connectivity index (χ1n) is 14.0. The summed E-state index contributed by atoms with van der Waals surface area (Å²) >= 11 is 0. The molecule has 0 amide bonds. The highest BCUT2D eigenvalue weighted by molar-refractivity contribution is 6.02. The Morgan fingerprint density at radius 3 is 1.35 bits per heavy atom. The number of para-hydroxylation sites is 3. The number of nitrogens with one attached hydrogen (secondary N) is 4. The standard InChI is InChI=1S/C34H38N6/c1-39(2)33-35-29-16-11-12-25(24-29)20-21-26-13-5-8-17-30(26)37-34(40(3)4)38-32-19-10-7-15-28(32)23-22-27-14-6-9-18-31(27)36-33/h5-19,24H,20-23H2,1-4H3,(H2,35,36,37,38)/p+2. The van der Waals surface area contributed by atoms with E-state index in [0.717, 1.165) is 60.4 Å². The van der Waals surface area contributed by atoms with Crippen LogP contribution in [0.15, 0.2) is 97.1 Å². The van der Waals surface area contributed by atoms with Crippen molar-refractivity contribution in [2.75, 3.05) is 49.5 Å². The van der Waals surface area contributed by atoms with E-state index < -0.39 is 0 Å². The molecule has 1 aliphatic heterocycles. The summed E-state index contributed by atoms with van der Waals surface area (Å²) in [5.41, 5.74) is 9.52. The molecule has 40 heavy (non-hydrogen) atoms. The van der Waals surface area contributed by atoms with Gasteiger partial charge in [0.05, 0.1) is 33.9 Å². The van der Waals surface area contributed by atoms with Crippen molar-refractivity contribution in [3.63, 3.8) is 0 Å². The summed E-state index contributed by atoms with van der Waals surface area (Å²) in [6.45, 7) is 0. The molecule has 4 aromatic rings. The van der Waals surface area contributed by atoms with Crippen LogP contribution >= 0.6 is 0 Å². The minimum absolute atomic E-state index is 0.908. The highest BCUT2D eigenvalue weighted by atomic mass is 15.2. The topological polar surface area (TPSA) is 54.1 Å². The van der Waals surface area contributed by atoms with Gasteiger partial charge in [-0.2, -0.15) is 0 Å². The fourth-order valence-electron chi connectivity index (χ4n) is 4.96. The monoisotopic (exact) mass is 532 g/mol. The lowest BCUT2D eigenvalue weighted by Gasteiger charge is -2.14. The van der Waals surface area contributed by atoms with Crippen LogP contribution in [-0.2, 0) is 25.7 Å². The first-order chi connectivity index (χ1) is 19.5. The molecule has 0 atom stereocenters. The summed E-state index contributed by atoms with van der Waals surface area (Å²) in [5.74, 6) is 1.88. The third-order valence-electron chi connectivity index (χ3n) is 7.24. The van der Waals surface area contributed by atoms with Crippen LogP contribution in [-0.4, -0.2) is 49.3 Å². The van der Waals surface area contributed by atoms with Crippen LogP contribution in [0.3, 0.4) is 0 Å². The van der Waals surface area contributed by atoms with Crippen molar-refractivity contribution >= 4 is 34.7 Å². The van der Waals surface area contributed by atoms with Crippen molar-refractivity contribution < 1.29 is 9.15 Å². The van der Waals surface area contributed by atoms with E-state index in [1.165, 1.54) is 22.3 Å². The zero-order valence-electron chi connectivity index (χ0n) is 24.0. The highest BCUT2D eigenvalue weighted by Gasteiger charge is 2.18. The Morgan fingerprint density at radius 2 is 0.875 bits per heavy atom. The smallest absolute Gasteiger partial charge is 0.270 e. The van der Waals surface area contributed by atoms with Crippen molar-refractivity contribution in [1.29, 1.82) is 0 Å². The van der Waals surface area contributed by atoms with Crippen LogP contribution in [0.2, 0.25) is 0 Å². The summed E-state index contributed by atoms with van der Waals surface area (Å²) in [6.07, 6.45) is 3.69. The molecule has 1 heterocycles. The van der Waals surface area contributed by atoms with E-state index >= 15 is 0 Å². The zero-order valence-corrected chi connectivity index (χ0v) is 24.0. The molecule has 6 heteroatoms. The maximum Gasteiger partial charge on any atom is 0.355 e. The maximum atomic E-state index is 3.70. The van der Waals surface area contributed by atoms with Gasteiger partial charge in [-0.05, 0) is 78.3 Å². The highest BCUT2D eigenvalue weighted by Crippen LogP contribution is 2.24. The molecule has 5 rings (SSSR count). The fraction of sp³-hybridized carbons (Fsp3) is 0.235. The van der Waals surface area contributed by atoms with Crippen LogP contribution < -0.4 is 21.3 Å². The molecule has 0 saturated carbocycles. The van der Waals surface area contributed by atoms with Gasteiger partial charge in [0, 0.05) is 0 Å². The lowest BCUT2D eigenvalue weighted by Crippen LogP contribution is -2.31. The van der Waals surface area contributed by atoms with E-state index in [4.69, 9.17) is 0 Å². The quantitative estimate of drug-likeness (QED) is 0.214. The molecule has 4 aromatic carbocycles. The molecule has 0 aliphatic carbocycles. The van der Waals surface area contributed by atoms with Crippen molar-refractivity contribution in [3.05, 3.63) is 119 Å². The van der Waals surface area contributed by atoms with Gasteiger partial charge >= 0.3 is 11.9 Å². The van der Waals surface area contributed by atoms with Crippen LogP contribution in [0.5, 0.6) is 0 Å². The van der Waals surface area contributed by atoms with Gasteiger partial charge in [0.15, 0.2) is 0 Å². The van der Waals surface area contributed by atoms with Crippen molar-refractivity contribution in [3.8, 4) is 0 Å². The molecule has 2 bridgehead atoms. The Bertz CT molecular complexity index is 1540. The van der Waals surface area contributed by atoms with E-state index in [9.17, 15) is 0 Å². The van der Waals surface area contributed by atoms with Crippen LogP contribution in [0.1, 0.15) is 22.3 Å². The molecular formula is C34H40N6+2. The minimum atomic E-state index is 0.908. The Labute approximate surface area is 238 Å². The van der Waals surface area contributed by atoms with Crippen LogP contribution in [0.25, 0.3) is 0 Å².